The Bertz CT molecular complexity index is 354. The third kappa shape index (κ3) is 8.64. The summed E-state index contributed by atoms with van der Waals surface area (Å²) in [6.45, 7) is 2.35. The van der Waals surface area contributed by atoms with E-state index in [0.29, 0.717) is 0 Å². The second-order valence-corrected chi connectivity index (χ2v) is 6.27. The lowest BCUT2D eigenvalue weighted by Crippen LogP contribution is -2.49. The number of carbonyl (C=O) groups excluding carboxylic acids is 4. The molecule has 8 nitrogen and oxygen atoms in total. The average Bonchev–Trinajstić information content (AvgIpc) is 2.29. The first-order valence-electron chi connectivity index (χ1n) is 5.44. The van der Waals surface area contributed by atoms with Crippen molar-refractivity contribution in [1.29, 1.82) is 0 Å². The van der Waals surface area contributed by atoms with Gasteiger partial charge in [-0.3, -0.25) is 9.59 Å². The first kappa shape index (κ1) is 18.6. The normalized spacial score (nSPS) is 13.1. The molecule has 10 heteroatoms. The molecule has 114 valence electrons. The van der Waals surface area contributed by atoms with Crippen LogP contribution in [0.3, 0.4) is 0 Å². The summed E-state index contributed by atoms with van der Waals surface area (Å²) in [7, 11) is 2.09. The number of nitrogens with one attached hydrogen (secondary N) is 2. The van der Waals surface area contributed by atoms with Crippen molar-refractivity contribution in [2.45, 2.75) is 25.9 Å². The Morgan fingerprint density at radius 2 is 1.15 bits per heavy atom. The van der Waals surface area contributed by atoms with Crippen LogP contribution in [-0.4, -0.2) is 47.3 Å². The molecule has 0 spiro atoms. The SMILES string of the molecule is CC(=O)N[C@@H](CSSC[C@H](NC(C)=O)C(=O)[O-])C(=O)[O-]. The molecule has 0 unspecified atom stereocenters. The lowest BCUT2D eigenvalue weighted by molar-refractivity contribution is -0.308. The topological polar surface area (TPSA) is 138 Å². The third-order valence-corrected chi connectivity index (χ3v) is 4.30. The first-order valence-corrected chi connectivity index (χ1v) is 7.93. The zero-order valence-electron chi connectivity index (χ0n) is 10.8. The molecular weight excluding hydrogens is 308 g/mol. The summed E-state index contributed by atoms with van der Waals surface area (Å²) in [5.74, 6) is -3.84. The molecule has 0 aromatic rings. The fourth-order valence-electron chi connectivity index (χ4n) is 1.06. The summed E-state index contributed by atoms with van der Waals surface area (Å²) in [4.78, 5) is 42.9. The van der Waals surface area contributed by atoms with Gasteiger partial charge in [0, 0.05) is 25.4 Å². The second kappa shape index (κ2) is 9.48. The highest BCUT2D eigenvalue weighted by Gasteiger charge is 2.14. The molecule has 2 atom stereocenters. The Balaban J connectivity index is 4.13. The van der Waals surface area contributed by atoms with Gasteiger partial charge in [0.25, 0.3) is 0 Å². The van der Waals surface area contributed by atoms with Gasteiger partial charge in [0.05, 0.1) is 24.0 Å². The molecule has 20 heavy (non-hydrogen) atoms. The zero-order valence-corrected chi connectivity index (χ0v) is 12.5. The zero-order chi connectivity index (χ0) is 15.7. The van der Waals surface area contributed by atoms with Crippen molar-refractivity contribution in [2.24, 2.45) is 0 Å². The van der Waals surface area contributed by atoms with E-state index in [-0.39, 0.29) is 11.5 Å². The van der Waals surface area contributed by atoms with Gasteiger partial charge in [-0.15, -0.1) is 0 Å². The summed E-state index contributed by atoms with van der Waals surface area (Å²) < 4.78 is 0. The Morgan fingerprint density at radius 3 is 1.35 bits per heavy atom. The van der Waals surface area contributed by atoms with E-state index in [9.17, 15) is 29.4 Å². The summed E-state index contributed by atoms with van der Waals surface area (Å²) in [6.07, 6.45) is 0. The molecule has 0 aliphatic heterocycles. The van der Waals surface area contributed by atoms with E-state index in [4.69, 9.17) is 0 Å². The summed E-state index contributed by atoms with van der Waals surface area (Å²) in [5.41, 5.74) is 0. The molecule has 0 saturated carbocycles. The lowest BCUT2D eigenvalue weighted by atomic mass is 10.3. The second-order valence-electron chi connectivity index (χ2n) is 3.71. The number of carboxylic acid groups (broad SMARTS) is 2. The van der Waals surface area contributed by atoms with Gasteiger partial charge in [-0.1, -0.05) is 21.6 Å². The van der Waals surface area contributed by atoms with Gasteiger partial charge in [-0.25, -0.2) is 0 Å². The fraction of sp³-hybridized carbons (Fsp3) is 0.600. The van der Waals surface area contributed by atoms with Crippen molar-refractivity contribution >= 4 is 45.3 Å². The monoisotopic (exact) mass is 322 g/mol. The van der Waals surface area contributed by atoms with Gasteiger partial charge in [-0.05, 0) is 0 Å². The molecule has 0 rings (SSSR count). The van der Waals surface area contributed by atoms with E-state index < -0.39 is 35.8 Å². The van der Waals surface area contributed by atoms with Gasteiger partial charge >= 0.3 is 0 Å². The minimum Gasteiger partial charge on any atom is -0.548 e. The number of aliphatic carboxylic acids is 2. The average molecular weight is 322 g/mol. The van der Waals surface area contributed by atoms with Gasteiger partial charge in [0.2, 0.25) is 11.8 Å². The van der Waals surface area contributed by atoms with Crippen LogP contribution < -0.4 is 20.8 Å². The van der Waals surface area contributed by atoms with Crippen molar-refractivity contribution in [3.63, 3.8) is 0 Å². The van der Waals surface area contributed by atoms with E-state index in [0.717, 1.165) is 21.6 Å². The Morgan fingerprint density at radius 1 is 0.850 bits per heavy atom. The summed E-state index contributed by atoms with van der Waals surface area (Å²) >= 11 is 0. The van der Waals surface area contributed by atoms with Gasteiger partial charge in [0.1, 0.15) is 0 Å². The summed E-state index contributed by atoms with van der Waals surface area (Å²) in [6, 6.07) is -2.32. The van der Waals surface area contributed by atoms with Crippen LogP contribution in [0.25, 0.3) is 0 Å². The Hall–Kier alpha value is -1.42. The van der Waals surface area contributed by atoms with Gasteiger partial charge in [0.15, 0.2) is 0 Å². The van der Waals surface area contributed by atoms with Crippen molar-refractivity contribution in [3.05, 3.63) is 0 Å². The molecule has 0 aliphatic carbocycles. The molecule has 0 heterocycles. The molecule has 0 aromatic heterocycles. The number of hydrogen-bond donors (Lipinski definition) is 2. The van der Waals surface area contributed by atoms with Crippen molar-refractivity contribution in [2.75, 3.05) is 11.5 Å². The van der Waals surface area contributed by atoms with Crippen LogP contribution in [-0.2, 0) is 19.2 Å². The highest BCUT2D eigenvalue weighted by Crippen LogP contribution is 2.22. The Kier molecular flexibility index (Phi) is 8.81. The standard InChI is InChI=1S/C10H16N2O6S2/c1-5(13)11-7(9(15)16)3-19-20-4-8(10(17)18)12-6(2)14/h7-8H,3-4H2,1-2H3,(H,11,13)(H,12,14)(H,15,16)(H,17,18)/p-2/t7-,8-/m0/s1. The van der Waals surface area contributed by atoms with Crippen molar-refractivity contribution in [1.82, 2.24) is 10.6 Å². The molecule has 2 N–H and O–H groups in total. The van der Waals surface area contributed by atoms with Crippen LogP contribution in [0, 0.1) is 0 Å². The molecule has 0 aromatic carbocycles. The number of carboxylic acids is 2. The van der Waals surface area contributed by atoms with Crippen LogP contribution in [0.1, 0.15) is 13.8 Å². The third-order valence-electron chi connectivity index (χ3n) is 1.88. The van der Waals surface area contributed by atoms with Crippen LogP contribution in [0.4, 0.5) is 0 Å². The highest BCUT2D eigenvalue weighted by atomic mass is 33.1. The molecule has 0 saturated heterocycles. The minimum atomic E-state index is -1.42. The maximum atomic E-state index is 10.8. The first-order chi connectivity index (χ1) is 9.23. The number of rotatable bonds is 9. The van der Waals surface area contributed by atoms with Crippen LogP contribution in [0.15, 0.2) is 0 Å². The molecule has 0 radical (unpaired) electrons. The van der Waals surface area contributed by atoms with E-state index >= 15 is 0 Å². The Labute approximate surface area is 123 Å². The van der Waals surface area contributed by atoms with Crippen molar-refractivity contribution < 1.29 is 29.4 Å². The number of amides is 2. The van der Waals surface area contributed by atoms with E-state index in [1.165, 1.54) is 13.8 Å². The fourth-order valence-corrected chi connectivity index (χ4v) is 3.36. The van der Waals surface area contributed by atoms with Crippen LogP contribution >= 0.6 is 21.6 Å². The smallest absolute Gasteiger partial charge is 0.217 e. The summed E-state index contributed by atoms with van der Waals surface area (Å²) in [5, 5.41) is 25.8. The van der Waals surface area contributed by atoms with E-state index in [1.54, 1.807) is 0 Å². The molecule has 0 bridgehead atoms. The van der Waals surface area contributed by atoms with Crippen LogP contribution in [0.5, 0.6) is 0 Å². The maximum Gasteiger partial charge on any atom is 0.217 e. The largest absolute Gasteiger partial charge is 0.548 e. The minimum absolute atomic E-state index is 0.00637. The highest BCUT2D eigenvalue weighted by molar-refractivity contribution is 8.76. The van der Waals surface area contributed by atoms with Crippen molar-refractivity contribution in [3.8, 4) is 0 Å². The maximum absolute atomic E-state index is 10.8. The number of hydrogen-bond acceptors (Lipinski definition) is 8. The van der Waals surface area contributed by atoms with Gasteiger partial charge in [-0.2, -0.15) is 0 Å². The van der Waals surface area contributed by atoms with E-state index in [2.05, 4.69) is 10.6 Å². The quantitative estimate of drug-likeness (QED) is 0.336. The molecule has 0 aliphatic rings. The predicted molar refractivity (Wildman–Crippen MR) is 70.1 cm³/mol. The molecular formula is C10H14N2O6S2-2. The van der Waals surface area contributed by atoms with E-state index in [1.807, 2.05) is 0 Å². The number of carbonyl (C=O) groups is 4. The lowest BCUT2D eigenvalue weighted by Gasteiger charge is -2.20. The van der Waals surface area contributed by atoms with Gasteiger partial charge < -0.3 is 30.4 Å². The molecule has 2 amide bonds. The molecule has 0 fully saturated rings. The van der Waals surface area contributed by atoms with Crippen LogP contribution in [0.2, 0.25) is 0 Å². The predicted octanol–water partition coefficient (Wildman–Crippen LogP) is -3.12.